The standard InChI is InChI=1S/C20H17N3OS2/c1-12-9-23-20-16(13(12)2)8-18(26-20)19(24)22-11-15-5-6-17(25-15)14-4-3-7-21-10-14/h3-10H,11H2,1-2H3,(H,22,24). The monoisotopic (exact) mass is 379 g/mol. The first-order valence-corrected chi connectivity index (χ1v) is 9.88. The third-order valence-electron chi connectivity index (χ3n) is 4.34. The number of nitrogens with one attached hydrogen (secondary N) is 1. The van der Waals surface area contributed by atoms with Gasteiger partial charge in [-0.05, 0) is 49.2 Å². The maximum atomic E-state index is 12.5. The second kappa shape index (κ2) is 6.97. The first-order chi connectivity index (χ1) is 12.6. The van der Waals surface area contributed by atoms with Crippen molar-refractivity contribution >= 4 is 38.8 Å². The third kappa shape index (κ3) is 3.25. The van der Waals surface area contributed by atoms with E-state index in [2.05, 4.69) is 28.3 Å². The Labute approximate surface area is 159 Å². The van der Waals surface area contributed by atoms with Crippen LogP contribution in [-0.2, 0) is 6.54 Å². The van der Waals surface area contributed by atoms with Gasteiger partial charge < -0.3 is 5.32 Å². The Kier molecular flexibility index (Phi) is 4.53. The molecular formula is C20H17N3OS2. The van der Waals surface area contributed by atoms with Gasteiger partial charge in [-0.25, -0.2) is 4.98 Å². The molecule has 4 rings (SSSR count). The van der Waals surface area contributed by atoms with Gasteiger partial charge in [-0.15, -0.1) is 22.7 Å². The number of carbonyl (C=O) groups excluding carboxylic acids is 1. The van der Waals surface area contributed by atoms with Crippen molar-refractivity contribution in [2.45, 2.75) is 20.4 Å². The Balaban J connectivity index is 1.48. The predicted octanol–water partition coefficient (Wildman–Crippen LogP) is 4.97. The lowest BCUT2D eigenvalue weighted by atomic mass is 10.1. The van der Waals surface area contributed by atoms with Gasteiger partial charge in [0.2, 0.25) is 0 Å². The highest BCUT2D eigenvalue weighted by Gasteiger charge is 2.13. The van der Waals surface area contributed by atoms with E-state index in [4.69, 9.17) is 0 Å². The molecule has 0 saturated heterocycles. The molecule has 0 aliphatic carbocycles. The lowest BCUT2D eigenvalue weighted by Gasteiger charge is -2.01. The molecule has 26 heavy (non-hydrogen) atoms. The molecule has 0 fully saturated rings. The fraction of sp³-hybridized carbons (Fsp3) is 0.150. The molecule has 0 radical (unpaired) electrons. The average molecular weight is 380 g/mol. The molecular weight excluding hydrogens is 362 g/mol. The molecule has 4 aromatic heterocycles. The van der Waals surface area contributed by atoms with Crippen LogP contribution < -0.4 is 5.32 Å². The third-order valence-corrected chi connectivity index (χ3v) is 6.51. The first-order valence-electron chi connectivity index (χ1n) is 8.25. The van der Waals surface area contributed by atoms with Crippen molar-refractivity contribution in [3.63, 3.8) is 0 Å². The molecule has 0 aliphatic rings. The number of carbonyl (C=O) groups is 1. The summed E-state index contributed by atoms with van der Waals surface area (Å²) in [6.07, 6.45) is 5.48. The second-order valence-electron chi connectivity index (χ2n) is 6.09. The summed E-state index contributed by atoms with van der Waals surface area (Å²) < 4.78 is 0. The number of nitrogens with zero attached hydrogens (tertiary/aromatic N) is 2. The minimum atomic E-state index is -0.0543. The molecule has 4 nitrogen and oxygen atoms in total. The zero-order chi connectivity index (χ0) is 18.1. The van der Waals surface area contributed by atoms with E-state index in [1.54, 1.807) is 17.5 Å². The van der Waals surface area contributed by atoms with Gasteiger partial charge in [-0.3, -0.25) is 9.78 Å². The summed E-state index contributed by atoms with van der Waals surface area (Å²) in [5.74, 6) is -0.0543. The van der Waals surface area contributed by atoms with Crippen LogP contribution in [0.4, 0.5) is 0 Å². The molecule has 0 unspecified atom stereocenters. The smallest absolute Gasteiger partial charge is 0.261 e. The Morgan fingerprint density at radius 1 is 1.15 bits per heavy atom. The molecule has 0 atom stereocenters. The van der Waals surface area contributed by atoms with Crippen LogP contribution in [0.3, 0.4) is 0 Å². The van der Waals surface area contributed by atoms with Crippen LogP contribution in [0, 0.1) is 13.8 Å². The molecule has 1 amide bonds. The van der Waals surface area contributed by atoms with Crippen molar-refractivity contribution < 1.29 is 4.79 Å². The molecule has 0 aliphatic heterocycles. The fourth-order valence-electron chi connectivity index (χ4n) is 2.71. The topological polar surface area (TPSA) is 54.9 Å². The second-order valence-corrected chi connectivity index (χ2v) is 8.29. The summed E-state index contributed by atoms with van der Waals surface area (Å²) in [7, 11) is 0. The molecule has 4 heterocycles. The van der Waals surface area contributed by atoms with Crippen molar-refractivity contribution in [3.05, 3.63) is 69.8 Å². The van der Waals surface area contributed by atoms with Crippen molar-refractivity contribution in [1.29, 1.82) is 0 Å². The SMILES string of the molecule is Cc1cnc2sc(C(=O)NCc3ccc(-c4cccnc4)s3)cc2c1C. The minimum Gasteiger partial charge on any atom is -0.346 e. The van der Waals surface area contributed by atoms with Crippen molar-refractivity contribution in [2.75, 3.05) is 0 Å². The van der Waals surface area contributed by atoms with Crippen molar-refractivity contribution in [2.24, 2.45) is 0 Å². The van der Waals surface area contributed by atoms with Crippen LogP contribution in [-0.4, -0.2) is 15.9 Å². The number of amides is 1. The number of thiophene rings is 2. The number of fused-ring (bicyclic) bond motifs is 1. The van der Waals surface area contributed by atoms with Crippen molar-refractivity contribution in [3.8, 4) is 10.4 Å². The highest BCUT2D eigenvalue weighted by Crippen LogP contribution is 2.29. The maximum Gasteiger partial charge on any atom is 0.261 e. The molecule has 0 saturated carbocycles. The van der Waals surface area contributed by atoms with E-state index < -0.39 is 0 Å². The molecule has 0 spiro atoms. The Hall–Kier alpha value is -2.57. The molecule has 130 valence electrons. The number of hydrogen-bond donors (Lipinski definition) is 1. The van der Waals surface area contributed by atoms with E-state index in [0.717, 1.165) is 31.1 Å². The lowest BCUT2D eigenvalue weighted by Crippen LogP contribution is -2.21. The van der Waals surface area contributed by atoms with E-state index in [1.165, 1.54) is 16.9 Å². The quantitative estimate of drug-likeness (QED) is 0.545. The van der Waals surface area contributed by atoms with Gasteiger partial charge >= 0.3 is 0 Å². The highest BCUT2D eigenvalue weighted by atomic mass is 32.1. The van der Waals surface area contributed by atoms with Crippen LogP contribution in [0.25, 0.3) is 20.7 Å². The number of hydrogen-bond acceptors (Lipinski definition) is 5. The van der Waals surface area contributed by atoms with Crippen LogP contribution in [0.2, 0.25) is 0 Å². The van der Waals surface area contributed by atoms with Gasteiger partial charge in [0.25, 0.3) is 5.91 Å². The molecule has 6 heteroatoms. The van der Waals surface area contributed by atoms with Crippen LogP contribution in [0.15, 0.2) is 48.9 Å². The van der Waals surface area contributed by atoms with Crippen LogP contribution in [0.5, 0.6) is 0 Å². The van der Waals surface area contributed by atoms with E-state index in [9.17, 15) is 4.79 Å². The van der Waals surface area contributed by atoms with Gasteiger partial charge in [0.1, 0.15) is 4.83 Å². The predicted molar refractivity (Wildman–Crippen MR) is 108 cm³/mol. The Morgan fingerprint density at radius 2 is 2.04 bits per heavy atom. The van der Waals surface area contributed by atoms with E-state index in [-0.39, 0.29) is 5.91 Å². The summed E-state index contributed by atoms with van der Waals surface area (Å²) in [5.41, 5.74) is 3.42. The van der Waals surface area contributed by atoms with Crippen LogP contribution >= 0.6 is 22.7 Å². The summed E-state index contributed by atoms with van der Waals surface area (Å²) in [6, 6.07) is 10.0. The summed E-state index contributed by atoms with van der Waals surface area (Å²) in [5, 5.41) is 4.08. The summed E-state index contributed by atoms with van der Waals surface area (Å²) in [6.45, 7) is 4.62. The van der Waals surface area contributed by atoms with Gasteiger partial charge in [0.05, 0.1) is 11.4 Å². The Bertz CT molecular complexity index is 1080. The highest BCUT2D eigenvalue weighted by molar-refractivity contribution is 7.20. The average Bonchev–Trinajstić information content (AvgIpc) is 3.31. The summed E-state index contributed by atoms with van der Waals surface area (Å²) in [4.78, 5) is 25.0. The van der Waals surface area contributed by atoms with Crippen molar-refractivity contribution in [1.82, 2.24) is 15.3 Å². The minimum absolute atomic E-state index is 0.0543. The molecule has 4 aromatic rings. The summed E-state index contributed by atoms with van der Waals surface area (Å²) >= 11 is 3.11. The van der Waals surface area contributed by atoms with E-state index in [0.29, 0.717) is 11.4 Å². The zero-order valence-electron chi connectivity index (χ0n) is 14.4. The zero-order valence-corrected chi connectivity index (χ0v) is 16.1. The fourth-order valence-corrected chi connectivity index (χ4v) is 4.63. The lowest BCUT2D eigenvalue weighted by molar-refractivity contribution is 0.0955. The number of pyridine rings is 2. The largest absolute Gasteiger partial charge is 0.346 e. The first kappa shape index (κ1) is 16.9. The van der Waals surface area contributed by atoms with Gasteiger partial charge in [0, 0.05) is 39.3 Å². The molecule has 0 bridgehead atoms. The van der Waals surface area contributed by atoms with E-state index >= 15 is 0 Å². The molecule has 1 N–H and O–H groups in total. The molecule has 0 aromatic carbocycles. The van der Waals surface area contributed by atoms with Gasteiger partial charge in [-0.1, -0.05) is 6.07 Å². The normalized spacial score (nSPS) is 11.0. The number of rotatable bonds is 4. The number of aromatic nitrogens is 2. The van der Waals surface area contributed by atoms with Gasteiger partial charge in [-0.2, -0.15) is 0 Å². The Morgan fingerprint density at radius 3 is 2.85 bits per heavy atom. The van der Waals surface area contributed by atoms with Gasteiger partial charge in [0.15, 0.2) is 0 Å². The number of aryl methyl sites for hydroxylation is 2. The maximum absolute atomic E-state index is 12.5. The van der Waals surface area contributed by atoms with Crippen LogP contribution in [0.1, 0.15) is 25.7 Å². The van der Waals surface area contributed by atoms with E-state index in [1.807, 2.05) is 43.6 Å².